The van der Waals surface area contributed by atoms with Crippen LogP contribution in [0.3, 0.4) is 0 Å². The molecule has 6 heteroatoms. The molecule has 0 radical (unpaired) electrons. The van der Waals surface area contributed by atoms with Crippen LogP contribution in [0.4, 0.5) is 0 Å². The zero-order valence-corrected chi connectivity index (χ0v) is 16.1. The van der Waals surface area contributed by atoms with Crippen molar-refractivity contribution in [2.24, 2.45) is 16.4 Å². The molecule has 1 aromatic carbocycles. The Hall–Kier alpha value is -2.30. The van der Waals surface area contributed by atoms with E-state index in [0.717, 1.165) is 11.1 Å². The van der Waals surface area contributed by atoms with Gasteiger partial charge in [-0.15, -0.1) is 0 Å². The normalized spacial score (nSPS) is 13.0. The summed E-state index contributed by atoms with van der Waals surface area (Å²) in [6.45, 7) is 8.98. The molecule has 1 rings (SSSR count). The predicted molar refractivity (Wildman–Crippen MR) is 102 cm³/mol. The third kappa shape index (κ3) is 8.19. The molecule has 0 saturated carbocycles. The summed E-state index contributed by atoms with van der Waals surface area (Å²) in [5.74, 6) is -0.210. The quantitative estimate of drug-likeness (QED) is 0.192. The van der Waals surface area contributed by atoms with Gasteiger partial charge < -0.3 is 9.47 Å². The monoisotopic (exact) mass is 359 g/mol. The van der Waals surface area contributed by atoms with Crippen molar-refractivity contribution >= 4 is 5.97 Å². The molecule has 6 nitrogen and oxygen atoms in total. The smallest absolute Gasteiger partial charge is 0.311 e. The fourth-order valence-electron chi connectivity index (χ4n) is 2.33. The van der Waals surface area contributed by atoms with Crippen LogP contribution in [0.25, 0.3) is 10.4 Å². The molecule has 0 saturated heterocycles. The van der Waals surface area contributed by atoms with Crippen LogP contribution in [-0.4, -0.2) is 25.7 Å². The Morgan fingerprint density at radius 2 is 2.00 bits per heavy atom. The van der Waals surface area contributed by atoms with Gasteiger partial charge in [-0.25, -0.2) is 0 Å². The highest BCUT2D eigenvalue weighted by Crippen LogP contribution is 2.21. The second kappa shape index (κ2) is 11.3. The largest absolute Gasteiger partial charge is 0.461 e. The van der Waals surface area contributed by atoms with E-state index >= 15 is 0 Å². The van der Waals surface area contributed by atoms with Crippen molar-refractivity contribution in [3.63, 3.8) is 0 Å². The fourth-order valence-corrected chi connectivity index (χ4v) is 2.33. The van der Waals surface area contributed by atoms with Crippen LogP contribution in [0.1, 0.15) is 39.7 Å². The van der Waals surface area contributed by atoms with E-state index in [4.69, 9.17) is 15.0 Å². The maximum atomic E-state index is 12.0. The summed E-state index contributed by atoms with van der Waals surface area (Å²) in [7, 11) is 0. The van der Waals surface area contributed by atoms with Crippen molar-refractivity contribution < 1.29 is 14.3 Å². The first kappa shape index (κ1) is 21.7. The fraction of sp³-hybridized carbons (Fsp3) is 0.550. The van der Waals surface area contributed by atoms with E-state index < -0.39 is 5.41 Å². The zero-order valence-electron chi connectivity index (χ0n) is 16.1. The van der Waals surface area contributed by atoms with E-state index in [1.165, 1.54) is 0 Å². The van der Waals surface area contributed by atoms with Gasteiger partial charge in [-0.3, -0.25) is 4.79 Å². The number of hydrogen-bond acceptors (Lipinski definition) is 4. The zero-order chi connectivity index (χ0) is 19.4. The Bertz CT molecular complexity index is 629. The van der Waals surface area contributed by atoms with Gasteiger partial charge in [0.15, 0.2) is 0 Å². The van der Waals surface area contributed by atoms with Crippen LogP contribution >= 0.6 is 0 Å². The van der Waals surface area contributed by atoms with E-state index in [2.05, 4.69) is 10.0 Å². The van der Waals surface area contributed by atoms with Crippen molar-refractivity contribution in [1.29, 1.82) is 0 Å². The molecular weight excluding hydrogens is 330 g/mol. The Balaban J connectivity index is 2.65. The Kier molecular flexibility index (Phi) is 9.48. The first-order valence-corrected chi connectivity index (χ1v) is 8.83. The summed E-state index contributed by atoms with van der Waals surface area (Å²) in [5, 5.41) is 3.62. The summed E-state index contributed by atoms with van der Waals surface area (Å²) < 4.78 is 11.3. The minimum absolute atomic E-state index is 0.0296. The first-order valence-electron chi connectivity index (χ1n) is 8.83. The number of nitrogens with zero attached hydrogens (tertiary/aromatic N) is 3. The minimum atomic E-state index is -0.538. The number of ether oxygens (including phenoxy) is 2. The Morgan fingerprint density at radius 1 is 1.31 bits per heavy atom. The van der Waals surface area contributed by atoms with Gasteiger partial charge in [0.1, 0.15) is 6.61 Å². The Labute approximate surface area is 155 Å². The molecular formula is C20H29N3O3. The van der Waals surface area contributed by atoms with Crippen LogP contribution in [0, 0.1) is 11.3 Å². The summed E-state index contributed by atoms with van der Waals surface area (Å²) >= 11 is 0. The molecule has 0 spiro atoms. The van der Waals surface area contributed by atoms with E-state index in [1.54, 1.807) is 0 Å². The highest BCUT2D eigenvalue weighted by molar-refractivity contribution is 5.75. The van der Waals surface area contributed by atoms with Crippen LogP contribution < -0.4 is 0 Å². The van der Waals surface area contributed by atoms with Crippen LogP contribution in [0.15, 0.2) is 47.1 Å². The molecule has 1 unspecified atom stereocenters. The summed E-state index contributed by atoms with van der Waals surface area (Å²) in [4.78, 5) is 14.8. The minimum Gasteiger partial charge on any atom is -0.461 e. The molecule has 0 heterocycles. The number of benzene rings is 1. The molecule has 0 N–H and O–H groups in total. The van der Waals surface area contributed by atoms with Crippen LogP contribution in [0.2, 0.25) is 0 Å². The average molecular weight is 359 g/mol. The average Bonchev–Trinajstić information content (AvgIpc) is 2.61. The van der Waals surface area contributed by atoms with E-state index in [9.17, 15) is 4.79 Å². The highest BCUT2D eigenvalue weighted by Gasteiger charge is 2.24. The molecule has 0 aliphatic carbocycles. The second-order valence-corrected chi connectivity index (χ2v) is 7.13. The van der Waals surface area contributed by atoms with E-state index in [-0.39, 0.29) is 18.5 Å². The molecule has 0 fully saturated rings. The second-order valence-electron chi connectivity index (χ2n) is 7.13. The highest BCUT2D eigenvalue weighted by atomic mass is 16.5. The summed E-state index contributed by atoms with van der Waals surface area (Å²) in [6.07, 6.45) is 2.59. The third-order valence-electron chi connectivity index (χ3n) is 3.95. The number of azide groups is 1. The molecule has 0 aliphatic rings. The maximum absolute atomic E-state index is 12.0. The van der Waals surface area contributed by atoms with Gasteiger partial charge in [0.2, 0.25) is 0 Å². The van der Waals surface area contributed by atoms with Gasteiger partial charge in [-0.1, -0.05) is 41.5 Å². The Morgan fingerprint density at radius 3 is 2.58 bits per heavy atom. The van der Waals surface area contributed by atoms with Crippen LogP contribution in [-0.2, 0) is 20.9 Å². The van der Waals surface area contributed by atoms with Gasteiger partial charge in [-0.05, 0) is 50.8 Å². The molecule has 1 aromatic rings. The van der Waals surface area contributed by atoms with Crippen molar-refractivity contribution in [2.45, 2.75) is 40.7 Å². The predicted octanol–water partition coefficient (Wildman–Crippen LogP) is 5.06. The van der Waals surface area contributed by atoms with Gasteiger partial charge in [-0.2, -0.15) is 0 Å². The van der Waals surface area contributed by atoms with E-state index in [1.807, 2.05) is 64.1 Å². The topological polar surface area (TPSA) is 84.3 Å². The maximum Gasteiger partial charge on any atom is 0.311 e. The SMILES string of the molecule is C/C=C(/COC(=O)C(C)(C)C)C(CCN=[N+]=[N-])COCc1ccccc1. The lowest BCUT2D eigenvalue weighted by atomic mass is 9.95. The third-order valence-corrected chi connectivity index (χ3v) is 3.95. The standard InChI is InChI=1S/C20H29N3O3/c1-5-17(15-26-19(24)20(2,3)4)18(11-12-22-23-21)14-25-13-16-9-7-6-8-10-16/h5-10,18H,11-15H2,1-4H3/b17-5-. The molecule has 0 bridgehead atoms. The van der Waals surface area contributed by atoms with Gasteiger partial charge >= 0.3 is 5.97 Å². The summed E-state index contributed by atoms with van der Waals surface area (Å²) in [6, 6.07) is 9.93. The molecule has 26 heavy (non-hydrogen) atoms. The lowest BCUT2D eigenvalue weighted by Crippen LogP contribution is -2.25. The van der Waals surface area contributed by atoms with Crippen LogP contribution in [0.5, 0.6) is 0 Å². The number of esters is 1. The van der Waals surface area contributed by atoms with Crippen molar-refractivity contribution in [2.75, 3.05) is 19.8 Å². The van der Waals surface area contributed by atoms with Gasteiger partial charge in [0.05, 0.1) is 18.6 Å². The number of rotatable bonds is 10. The van der Waals surface area contributed by atoms with E-state index in [0.29, 0.717) is 26.2 Å². The number of carbonyl (C=O) groups excluding carboxylic acids is 1. The van der Waals surface area contributed by atoms with Crippen molar-refractivity contribution in [3.8, 4) is 0 Å². The lowest BCUT2D eigenvalue weighted by Gasteiger charge is -2.22. The van der Waals surface area contributed by atoms with Crippen molar-refractivity contribution in [1.82, 2.24) is 0 Å². The molecule has 142 valence electrons. The molecule has 1 atom stereocenters. The molecule has 0 amide bonds. The number of hydrogen-bond donors (Lipinski definition) is 0. The van der Waals surface area contributed by atoms with Gasteiger partial charge in [0, 0.05) is 17.4 Å². The molecule has 0 aromatic heterocycles. The first-order chi connectivity index (χ1) is 12.4. The van der Waals surface area contributed by atoms with Gasteiger partial charge in [0.25, 0.3) is 0 Å². The molecule has 0 aliphatic heterocycles. The number of allylic oxidation sites excluding steroid dienone is 1. The number of carbonyl (C=O) groups is 1. The lowest BCUT2D eigenvalue weighted by molar-refractivity contribution is -0.152. The summed E-state index contributed by atoms with van der Waals surface area (Å²) in [5.41, 5.74) is 10.0. The van der Waals surface area contributed by atoms with Crippen molar-refractivity contribution in [3.05, 3.63) is 58.0 Å².